The molecule has 196 valence electrons. The Balaban J connectivity index is 1.26. The molecule has 2 fully saturated rings. The molecular formula is C28H30N6O4. The quantitative estimate of drug-likeness (QED) is 0.398. The summed E-state index contributed by atoms with van der Waals surface area (Å²) in [5.41, 5.74) is 9.63. The first kappa shape index (κ1) is 24.3. The molecule has 2 aromatic heterocycles. The molecule has 1 aromatic carbocycles. The second kappa shape index (κ2) is 9.67. The number of rotatable bonds is 3. The van der Waals surface area contributed by atoms with Gasteiger partial charge < -0.3 is 29.8 Å². The number of nitrogen functional groups attached to an aromatic ring is 1. The summed E-state index contributed by atoms with van der Waals surface area (Å²) in [5, 5.41) is 11.4. The van der Waals surface area contributed by atoms with Crippen LogP contribution in [0.15, 0.2) is 37.2 Å². The largest absolute Gasteiger partial charge is 0.486 e. The summed E-state index contributed by atoms with van der Waals surface area (Å²) in [6.07, 6.45) is 2.92. The van der Waals surface area contributed by atoms with Crippen molar-refractivity contribution in [1.29, 1.82) is 0 Å². The van der Waals surface area contributed by atoms with Crippen molar-refractivity contribution >= 4 is 22.8 Å². The minimum absolute atomic E-state index is 0.0305. The van der Waals surface area contributed by atoms with Gasteiger partial charge in [0.2, 0.25) is 5.91 Å². The van der Waals surface area contributed by atoms with Crippen LogP contribution < -0.4 is 15.2 Å². The molecule has 38 heavy (non-hydrogen) atoms. The van der Waals surface area contributed by atoms with E-state index < -0.39 is 6.10 Å². The van der Waals surface area contributed by atoms with Gasteiger partial charge in [0.15, 0.2) is 11.5 Å². The van der Waals surface area contributed by atoms with E-state index in [1.54, 1.807) is 4.90 Å². The molecule has 0 unspecified atom stereocenters. The van der Waals surface area contributed by atoms with Crippen LogP contribution in [0.4, 0.5) is 5.82 Å². The predicted molar refractivity (Wildman–Crippen MR) is 142 cm³/mol. The number of aliphatic hydroxyl groups is 1. The van der Waals surface area contributed by atoms with Crippen LogP contribution >= 0.6 is 0 Å². The van der Waals surface area contributed by atoms with E-state index in [4.69, 9.17) is 15.2 Å². The molecule has 6 rings (SSSR count). The lowest BCUT2D eigenvalue weighted by molar-refractivity contribution is -0.132. The van der Waals surface area contributed by atoms with Gasteiger partial charge in [0.05, 0.1) is 11.5 Å². The van der Waals surface area contributed by atoms with Crippen LogP contribution in [0.25, 0.3) is 22.2 Å². The molecule has 3 aliphatic heterocycles. The molecule has 5 heterocycles. The van der Waals surface area contributed by atoms with Gasteiger partial charge in [-0.2, -0.15) is 0 Å². The van der Waals surface area contributed by atoms with Crippen molar-refractivity contribution in [2.75, 3.05) is 45.1 Å². The molecule has 2 atom stereocenters. The van der Waals surface area contributed by atoms with Crippen molar-refractivity contribution in [1.82, 2.24) is 24.3 Å². The van der Waals surface area contributed by atoms with Gasteiger partial charge in [-0.15, -0.1) is 0 Å². The molecule has 10 nitrogen and oxygen atoms in total. The van der Waals surface area contributed by atoms with Crippen LogP contribution in [-0.2, 0) is 11.8 Å². The average molecular weight is 515 g/mol. The summed E-state index contributed by atoms with van der Waals surface area (Å²) >= 11 is 0. The number of ether oxygens (including phenoxy) is 2. The molecule has 0 bridgehead atoms. The van der Waals surface area contributed by atoms with E-state index in [1.807, 2.05) is 29.8 Å². The number of β-amino-alcohol motifs (C(OH)–C–C–N with tert-alkyl or cyclic N) is 1. The second-order valence-corrected chi connectivity index (χ2v) is 9.93. The predicted octanol–water partition coefficient (Wildman–Crippen LogP) is 1.42. The summed E-state index contributed by atoms with van der Waals surface area (Å²) in [6.45, 7) is 7.07. The molecule has 0 saturated carbocycles. The fraction of sp³-hybridized carbons (Fsp3) is 0.393. The van der Waals surface area contributed by atoms with E-state index in [9.17, 15) is 9.90 Å². The van der Waals surface area contributed by atoms with Crippen LogP contribution in [0.3, 0.4) is 0 Å². The van der Waals surface area contributed by atoms with E-state index >= 15 is 0 Å². The van der Waals surface area contributed by atoms with Crippen LogP contribution in [-0.4, -0.2) is 86.9 Å². The van der Waals surface area contributed by atoms with Gasteiger partial charge in [0.25, 0.3) is 0 Å². The zero-order chi connectivity index (χ0) is 26.4. The number of aryl methyl sites for hydroxylation is 1. The van der Waals surface area contributed by atoms with E-state index in [0.717, 1.165) is 41.7 Å². The Bertz CT molecular complexity index is 1480. The van der Waals surface area contributed by atoms with Crippen LogP contribution in [0, 0.1) is 17.8 Å². The fourth-order valence-electron chi connectivity index (χ4n) is 5.62. The zero-order valence-electron chi connectivity index (χ0n) is 21.3. The van der Waals surface area contributed by atoms with E-state index in [0.29, 0.717) is 49.3 Å². The fourth-order valence-corrected chi connectivity index (χ4v) is 5.62. The average Bonchev–Trinajstić information content (AvgIpc) is 3.20. The number of carbonyl (C=O) groups is 1. The smallest absolute Gasteiger partial charge is 0.246 e. The van der Waals surface area contributed by atoms with Crippen LogP contribution in [0.2, 0.25) is 0 Å². The Hall–Kier alpha value is -4.07. The van der Waals surface area contributed by atoms with Gasteiger partial charge >= 0.3 is 0 Å². The topological polar surface area (TPSA) is 119 Å². The van der Waals surface area contributed by atoms with Gasteiger partial charge in [-0.1, -0.05) is 18.6 Å². The number of hydrogen-bond acceptors (Lipinski definition) is 8. The standard InChI is InChI=1S/C28H30N6O4/c1-3-24(36)33-9-8-19(21(35)15-33)34-13-17(14-34)4-6-20-25(26-27(29)30-16-31-28(26)32(20)2)18-5-7-22-23(12-18)38-11-10-37-22/h3,5,7,12,16-17,19,21,35H,1,8-11,13-15H2,2H3,(H2,29,30,31)/t19-,21+/m1/s1. The Morgan fingerprint density at radius 1 is 1.21 bits per heavy atom. The third kappa shape index (κ3) is 4.14. The summed E-state index contributed by atoms with van der Waals surface area (Å²) in [4.78, 5) is 24.5. The monoisotopic (exact) mass is 514 g/mol. The van der Waals surface area contributed by atoms with Crippen LogP contribution in [0.1, 0.15) is 12.1 Å². The number of fused-ring (bicyclic) bond motifs is 2. The zero-order valence-corrected chi connectivity index (χ0v) is 21.3. The molecule has 0 spiro atoms. The lowest BCUT2D eigenvalue weighted by Gasteiger charge is -2.47. The number of nitrogens with zero attached hydrogens (tertiary/aromatic N) is 5. The summed E-state index contributed by atoms with van der Waals surface area (Å²) in [5.74, 6) is 8.68. The van der Waals surface area contributed by atoms with Crippen molar-refractivity contribution in [3.63, 3.8) is 0 Å². The first-order chi connectivity index (χ1) is 18.4. The Kier molecular flexibility index (Phi) is 6.18. The minimum Gasteiger partial charge on any atom is -0.486 e. The first-order valence-corrected chi connectivity index (χ1v) is 12.8. The van der Waals surface area contributed by atoms with E-state index in [-0.39, 0.29) is 17.9 Å². The highest BCUT2D eigenvalue weighted by molar-refractivity contribution is 6.03. The maximum Gasteiger partial charge on any atom is 0.246 e. The van der Waals surface area contributed by atoms with Gasteiger partial charge in [-0.25, -0.2) is 9.97 Å². The number of carbonyl (C=O) groups excluding carboxylic acids is 1. The Morgan fingerprint density at radius 2 is 2.00 bits per heavy atom. The summed E-state index contributed by atoms with van der Waals surface area (Å²) in [6, 6.07) is 5.87. The molecule has 0 radical (unpaired) electrons. The number of benzene rings is 1. The lowest BCUT2D eigenvalue weighted by Crippen LogP contribution is -2.61. The Labute approximate surface area is 220 Å². The van der Waals surface area contributed by atoms with Crippen molar-refractivity contribution in [2.45, 2.75) is 18.6 Å². The van der Waals surface area contributed by atoms with Crippen molar-refractivity contribution < 1.29 is 19.4 Å². The summed E-state index contributed by atoms with van der Waals surface area (Å²) < 4.78 is 13.5. The number of amides is 1. The third-order valence-corrected chi connectivity index (χ3v) is 7.63. The molecule has 10 heteroatoms. The highest BCUT2D eigenvalue weighted by atomic mass is 16.6. The molecule has 0 aliphatic carbocycles. The molecule has 1 amide bonds. The van der Waals surface area contributed by atoms with Gasteiger partial charge in [0.1, 0.15) is 36.7 Å². The van der Waals surface area contributed by atoms with Crippen molar-refractivity contribution in [3.8, 4) is 34.5 Å². The number of nitrogens with two attached hydrogens (primary N) is 1. The number of aliphatic hydroxyl groups excluding tert-OH is 1. The van der Waals surface area contributed by atoms with Crippen LogP contribution in [0.5, 0.6) is 11.5 Å². The van der Waals surface area contributed by atoms with Gasteiger partial charge in [0, 0.05) is 50.7 Å². The molecular weight excluding hydrogens is 484 g/mol. The molecule has 3 aromatic rings. The lowest BCUT2D eigenvalue weighted by atomic mass is 9.91. The number of anilines is 1. The Morgan fingerprint density at radius 3 is 2.76 bits per heavy atom. The summed E-state index contributed by atoms with van der Waals surface area (Å²) in [7, 11) is 1.93. The number of likely N-dealkylation sites (tertiary alicyclic amines) is 2. The number of piperidine rings is 1. The van der Waals surface area contributed by atoms with Crippen molar-refractivity contribution in [3.05, 3.63) is 42.9 Å². The van der Waals surface area contributed by atoms with E-state index in [2.05, 4.69) is 33.3 Å². The second-order valence-electron chi connectivity index (χ2n) is 9.93. The third-order valence-electron chi connectivity index (χ3n) is 7.63. The minimum atomic E-state index is -0.580. The molecule has 3 N–H and O–H groups in total. The number of hydrogen-bond donors (Lipinski definition) is 2. The highest BCUT2D eigenvalue weighted by Gasteiger charge is 2.38. The van der Waals surface area contributed by atoms with Gasteiger partial charge in [-0.3, -0.25) is 9.69 Å². The van der Waals surface area contributed by atoms with E-state index in [1.165, 1.54) is 12.4 Å². The first-order valence-electron chi connectivity index (χ1n) is 12.8. The van der Waals surface area contributed by atoms with Crippen molar-refractivity contribution in [2.24, 2.45) is 13.0 Å². The van der Waals surface area contributed by atoms with Gasteiger partial charge in [-0.05, 0) is 36.1 Å². The SMILES string of the molecule is C=CC(=O)N1CC[C@@H](N2CC(C#Cc3c(-c4ccc5c(c4)OCCO5)c4c(N)ncnc4n3C)C2)[C@@H](O)C1. The molecule has 2 saturated heterocycles. The number of aromatic nitrogens is 3. The normalized spacial score (nSPS) is 21.5. The maximum absolute atomic E-state index is 11.9. The molecule has 3 aliphatic rings. The maximum atomic E-state index is 11.9. The highest BCUT2D eigenvalue weighted by Crippen LogP contribution is 2.40.